The number of hydrogen-bond acceptors (Lipinski definition) is 13. The Morgan fingerprint density at radius 1 is 0.917 bits per heavy atom. The van der Waals surface area contributed by atoms with Crippen LogP contribution in [-0.4, -0.2) is 118 Å². The number of nitrogens with one attached hydrogen (secondary N) is 3. The molecule has 5 N–H and O–H groups in total. The van der Waals surface area contributed by atoms with Crippen molar-refractivity contribution in [1.29, 1.82) is 0 Å². The number of imide groups is 1. The Morgan fingerprint density at radius 3 is 2.33 bits per heavy atom. The van der Waals surface area contributed by atoms with E-state index in [2.05, 4.69) is 45.8 Å². The number of benzene rings is 1. The van der Waals surface area contributed by atoms with Crippen molar-refractivity contribution >= 4 is 58.4 Å². The van der Waals surface area contributed by atoms with Gasteiger partial charge in [-0.3, -0.25) is 29.4 Å². The van der Waals surface area contributed by atoms with Crippen molar-refractivity contribution in [3.63, 3.8) is 0 Å². The number of piperazine rings is 1. The monoisotopic (exact) mass is 827 g/mol. The van der Waals surface area contributed by atoms with Crippen molar-refractivity contribution in [1.82, 2.24) is 34.9 Å². The number of nitrogens with zero attached hydrogens (tertiary/aromatic N) is 9. The lowest BCUT2D eigenvalue weighted by Gasteiger charge is -2.44. The maximum absolute atomic E-state index is 13.3. The van der Waals surface area contributed by atoms with Gasteiger partial charge in [0.1, 0.15) is 24.4 Å². The third-order valence-electron chi connectivity index (χ3n) is 10.1. The van der Waals surface area contributed by atoms with Gasteiger partial charge in [0, 0.05) is 75.4 Å². The minimum Gasteiger partial charge on any atom is -0.444 e. The predicted octanol–water partition coefficient (Wildman–Crippen LogP) is 2.87. The molecule has 60 heavy (non-hydrogen) atoms. The van der Waals surface area contributed by atoms with Crippen LogP contribution < -0.4 is 36.4 Å². The smallest absolute Gasteiger partial charge is 0.405 e. The van der Waals surface area contributed by atoms with Crippen molar-refractivity contribution in [2.45, 2.75) is 12.6 Å². The number of urea groups is 1. The number of carbonyl (C=O) groups excluding carboxylic acids is 5. The Labute approximate surface area is 338 Å². The quantitative estimate of drug-likeness (QED) is 0.150. The number of carbonyl (C=O) groups is 5. The van der Waals surface area contributed by atoms with Crippen molar-refractivity contribution < 1.29 is 41.6 Å². The Morgan fingerprint density at radius 2 is 1.65 bits per heavy atom. The second-order valence-electron chi connectivity index (χ2n) is 14.2. The zero-order valence-electron chi connectivity index (χ0n) is 31.6. The van der Waals surface area contributed by atoms with Crippen LogP contribution in [0.2, 0.25) is 0 Å². The molecule has 8 rings (SSSR count). The molecule has 3 aliphatic rings. The molecule has 0 saturated carbocycles. The minimum absolute atomic E-state index is 0.0140. The Bertz CT molecular complexity index is 2440. The first-order valence-corrected chi connectivity index (χ1v) is 18.7. The largest absolute Gasteiger partial charge is 0.444 e. The molecule has 0 aliphatic carbocycles. The highest BCUT2D eigenvalue weighted by atomic mass is 19.4. The Kier molecular flexibility index (Phi) is 10.5. The van der Waals surface area contributed by atoms with Gasteiger partial charge < -0.3 is 35.5 Å². The number of halogens is 3. The summed E-state index contributed by atoms with van der Waals surface area (Å²) in [5, 5.41) is 11.3. The summed E-state index contributed by atoms with van der Waals surface area (Å²) in [6, 6.07) is 13.3. The number of rotatable bonds is 11. The van der Waals surface area contributed by atoms with Crippen molar-refractivity contribution in [3.8, 4) is 17.1 Å². The second kappa shape index (κ2) is 16.0. The van der Waals surface area contributed by atoms with E-state index in [1.165, 1.54) is 34.1 Å². The number of nitrogens with two attached hydrogens (primary N) is 1. The maximum atomic E-state index is 13.3. The minimum atomic E-state index is -4.45. The normalized spacial score (nSPS) is 16.1. The summed E-state index contributed by atoms with van der Waals surface area (Å²) in [6.45, 7) is 2.38. The third kappa shape index (κ3) is 8.51. The lowest BCUT2D eigenvalue weighted by molar-refractivity contribution is -0.136. The van der Waals surface area contributed by atoms with Gasteiger partial charge in [0.25, 0.3) is 11.8 Å². The SMILES string of the molecule is NC(=O)c1nn(-c2ccc(N3CCN(C(=O)C4CN(c5ccc(N6CCC(=O)NC6=O)cc5)C4)CC3)nc2)cc1NC(=O)c1coc(-c2ccnc(NCC(F)(F)F)c2)n1. The third-order valence-corrected chi connectivity index (χ3v) is 10.1. The number of anilines is 5. The molecule has 0 radical (unpaired) electrons. The van der Waals surface area contributed by atoms with Crippen LogP contribution in [0.3, 0.4) is 0 Å². The van der Waals surface area contributed by atoms with E-state index in [-0.39, 0.29) is 58.5 Å². The lowest BCUT2D eigenvalue weighted by Crippen LogP contribution is -2.58. The molecule has 0 spiro atoms. The van der Waals surface area contributed by atoms with Crippen molar-refractivity contribution in [2.75, 3.05) is 77.7 Å². The van der Waals surface area contributed by atoms with E-state index < -0.39 is 30.6 Å². The van der Waals surface area contributed by atoms with E-state index in [4.69, 9.17) is 10.2 Å². The van der Waals surface area contributed by atoms with Gasteiger partial charge in [-0.15, -0.1) is 0 Å². The highest BCUT2D eigenvalue weighted by molar-refractivity contribution is 6.07. The number of alkyl halides is 3. The molecular formula is C38H36F3N13O6. The molecule has 310 valence electrons. The van der Waals surface area contributed by atoms with E-state index in [0.717, 1.165) is 12.0 Å². The highest BCUT2D eigenvalue weighted by Gasteiger charge is 2.37. The van der Waals surface area contributed by atoms with E-state index in [9.17, 15) is 37.1 Å². The first-order valence-electron chi connectivity index (χ1n) is 18.7. The van der Waals surface area contributed by atoms with Crippen molar-refractivity contribution in [2.24, 2.45) is 11.7 Å². The molecule has 3 aliphatic heterocycles. The predicted molar refractivity (Wildman–Crippen MR) is 209 cm³/mol. The maximum Gasteiger partial charge on any atom is 0.405 e. The summed E-state index contributed by atoms with van der Waals surface area (Å²) < 4.78 is 44.6. The molecule has 7 heterocycles. The zero-order chi connectivity index (χ0) is 42.1. The highest BCUT2D eigenvalue weighted by Crippen LogP contribution is 2.30. The number of pyridine rings is 2. The molecule has 1 aromatic carbocycles. The van der Waals surface area contributed by atoms with E-state index in [1.54, 1.807) is 18.3 Å². The van der Waals surface area contributed by atoms with Crippen molar-refractivity contribution in [3.05, 3.63) is 84.8 Å². The lowest BCUT2D eigenvalue weighted by atomic mass is 9.97. The van der Waals surface area contributed by atoms with E-state index in [1.807, 2.05) is 29.2 Å². The molecule has 19 nitrogen and oxygen atoms in total. The number of aromatic nitrogens is 5. The molecule has 3 saturated heterocycles. The van der Waals surface area contributed by atoms with Crippen LogP contribution in [0.25, 0.3) is 17.1 Å². The van der Waals surface area contributed by atoms with Crippen LogP contribution >= 0.6 is 0 Å². The summed E-state index contributed by atoms with van der Waals surface area (Å²) in [7, 11) is 0. The van der Waals surface area contributed by atoms with Crippen LogP contribution in [0.5, 0.6) is 0 Å². The summed E-state index contributed by atoms with van der Waals surface area (Å²) in [4.78, 5) is 82.5. The van der Waals surface area contributed by atoms with Gasteiger partial charge in [0.05, 0.1) is 29.7 Å². The first-order chi connectivity index (χ1) is 28.8. The number of hydrogen-bond donors (Lipinski definition) is 4. The number of primary amides is 1. The molecule has 6 amide bonds. The average molecular weight is 828 g/mol. The van der Waals surface area contributed by atoms with E-state index >= 15 is 0 Å². The zero-order valence-corrected chi connectivity index (χ0v) is 31.6. The van der Waals surface area contributed by atoms with Crippen LogP contribution in [0.1, 0.15) is 27.4 Å². The fourth-order valence-corrected chi connectivity index (χ4v) is 6.94. The van der Waals surface area contributed by atoms with Gasteiger partial charge in [-0.2, -0.15) is 18.3 Å². The standard InChI is InChI=1S/C38H36F3N13O6/c39-38(40,41)21-45-29-15-22(7-9-43-29)35-47-28(20-60-35)34(57)46-27-19-54(49-32(27)33(42)56)26-5-6-30(44-16-26)50-11-13-51(14-12-50)36(58)23-17-52(18-23)24-1-3-25(4-2-24)53-10-8-31(55)48-37(53)59/h1-7,9,15-16,19-20,23H,8,10-14,17-18,21H2,(H2,42,56)(H,43,45)(H,46,57)(H,48,55,59). The molecule has 5 aromatic rings. The Balaban J connectivity index is 0.832. The molecule has 4 aromatic heterocycles. The molecule has 0 atom stereocenters. The van der Waals surface area contributed by atoms with Gasteiger partial charge >= 0.3 is 12.2 Å². The topological polar surface area (TPSA) is 230 Å². The van der Waals surface area contributed by atoms with Gasteiger partial charge in [-0.05, 0) is 48.5 Å². The summed E-state index contributed by atoms with van der Waals surface area (Å²) in [6.07, 6.45) is 1.04. The molecule has 3 fully saturated rings. The summed E-state index contributed by atoms with van der Waals surface area (Å²) in [5.74, 6) is -1.45. The van der Waals surface area contributed by atoms with Gasteiger partial charge in [0.2, 0.25) is 17.7 Å². The van der Waals surface area contributed by atoms with E-state index in [0.29, 0.717) is 63.0 Å². The van der Waals surface area contributed by atoms with Gasteiger partial charge in [0.15, 0.2) is 11.4 Å². The van der Waals surface area contributed by atoms with Gasteiger partial charge in [-0.25, -0.2) is 24.4 Å². The van der Waals surface area contributed by atoms with Gasteiger partial charge in [-0.1, -0.05) is 0 Å². The van der Waals surface area contributed by atoms with Crippen LogP contribution in [-0.2, 0) is 9.59 Å². The molecule has 0 bridgehead atoms. The molecule has 0 unspecified atom stereocenters. The fourth-order valence-electron chi connectivity index (χ4n) is 6.94. The summed E-state index contributed by atoms with van der Waals surface area (Å²) >= 11 is 0. The summed E-state index contributed by atoms with van der Waals surface area (Å²) in [5.41, 5.74) is 7.50. The second-order valence-corrected chi connectivity index (χ2v) is 14.2. The Hall–Kier alpha value is -7.52. The fraction of sp³-hybridized carbons (Fsp3) is 0.289. The number of amides is 6. The van der Waals surface area contributed by atoms with Crippen LogP contribution in [0, 0.1) is 5.92 Å². The number of oxazole rings is 1. The average Bonchev–Trinajstić information content (AvgIpc) is 3.89. The van der Waals surface area contributed by atoms with Crippen LogP contribution in [0.4, 0.5) is 46.7 Å². The van der Waals surface area contributed by atoms with Crippen LogP contribution in [0.15, 0.2) is 77.8 Å². The molecular weight excluding hydrogens is 791 g/mol. The molecule has 22 heteroatoms. The first kappa shape index (κ1) is 39.3.